The summed E-state index contributed by atoms with van der Waals surface area (Å²) in [6.45, 7) is 0.674. The molecule has 2 aromatic carbocycles. The van der Waals surface area contributed by atoms with Crippen LogP contribution in [0.15, 0.2) is 46.9 Å². The maximum atomic E-state index is 13.1. The molecular formula is C17H14BrFN2O2. The summed E-state index contributed by atoms with van der Waals surface area (Å²) in [6, 6.07) is 11.0. The van der Waals surface area contributed by atoms with Gasteiger partial charge in [0.15, 0.2) is 0 Å². The molecule has 1 aliphatic rings. The van der Waals surface area contributed by atoms with E-state index < -0.39 is 0 Å². The molecule has 1 heterocycles. The number of amides is 2. The Morgan fingerprint density at radius 1 is 1.22 bits per heavy atom. The fraction of sp³-hybridized carbons (Fsp3) is 0.176. The number of halogens is 2. The Morgan fingerprint density at radius 2 is 2.04 bits per heavy atom. The Bertz CT molecular complexity index is 779. The van der Waals surface area contributed by atoms with Crippen LogP contribution in [0.1, 0.15) is 23.2 Å². The van der Waals surface area contributed by atoms with E-state index in [4.69, 9.17) is 0 Å². The summed E-state index contributed by atoms with van der Waals surface area (Å²) < 4.78 is 13.6. The van der Waals surface area contributed by atoms with Gasteiger partial charge in [-0.15, -0.1) is 0 Å². The van der Waals surface area contributed by atoms with Gasteiger partial charge in [-0.2, -0.15) is 0 Å². The molecule has 1 fully saturated rings. The molecule has 0 atom stereocenters. The summed E-state index contributed by atoms with van der Waals surface area (Å²) in [5.41, 5.74) is 1.65. The summed E-state index contributed by atoms with van der Waals surface area (Å²) in [5.74, 6) is -0.626. The molecule has 2 aromatic rings. The van der Waals surface area contributed by atoms with Gasteiger partial charge in [-0.3, -0.25) is 9.59 Å². The molecule has 0 radical (unpaired) electrons. The third kappa shape index (κ3) is 3.42. The molecule has 6 heteroatoms. The van der Waals surface area contributed by atoms with E-state index in [9.17, 15) is 14.0 Å². The third-order valence-electron chi connectivity index (χ3n) is 3.67. The number of carbonyl (C=O) groups excluding carboxylic acids is 2. The molecule has 4 nitrogen and oxygen atoms in total. The van der Waals surface area contributed by atoms with Gasteiger partial charge in [0, 0.05) is 28.7 Å². The monoisotopic (exact) mass is 376 g/mol. The average molecular weight is 377 g/mol. The maximum Gasteiger partial charge on any atom is 0.255 e. The normalized spacial score (nSPS) is 14.2. The molecule has 0 unspecified atom stereocenters. The van der Waals surface area contributed by atoms with Gasteiger partial charge in [-0.25, -0.2) is 4.39 Å². The van der Waals surface area contributed by atoms with Crippen LogP contribution in [-0.2, 0) is 4.79 Å². The smallest absolute Gasteiger partial charge is 0.255 e. The van der Waals surface area contributed by atoms with Gasteiger partial charge in [0.05, 0.1) is 5.69 Å². The number of anilines is 2. The highest BCUT2D eigenvalue weighted by Crippen LogP contribution is 2.25. The first-order valence-corrected chi connectivity index (χ1v) is 8.01. The van der Waals surface area contributed by atoms with Crippen molar-refractivity contribution in [2.75, 3.05) is 16.8 Å². The second-order valence-corrected chi connectivity index (χ2v) is 6.13. The van der Waals surface area contributed by atoms with Gasteiger partial charge in [0.1, 0.15) is 5.82 Å². The predicted octanol–water partition coefficient (Wildman–Crippen LogP) is 3.97. The maximum absolute atomic E-state index is 13.1. The molecule has 1 saturated heterocycles. The van der Waals surface area contributed by atoms with Crippen LogP contribution in [0, 0.1) is 5.82 Å². The van der Waals surface area contributed by atoms with Gasteiger partial charge in [-0.05, 0) is 58.7 Å². The number of rotatable bonds is 3. The molecule has 3 rings (SSSR count). The lowest BCUT2D eigenvalue weighted by Crippen LogP contribution is -2.24. The zero-order chi connectivity index (χ0) is 16.4. The second kappa shape index (κ2) is 6.50. The SMILES string of the molecule is O=C(Nc1ccc(F)cc1Br)c1cccc(N2CCCC2=O)c1. The Kier molecular flexibility index (Phi) is 4.43. The minimum absolute atomic E-state index is 0.0730. The minimum Gasteiger partial charge on any atom is -0.321 e. The largest absolute Gasteiger partial charge is 0.321 e. The first kappa shape index (κ1) is 15.7. The lowest BCUT2D eigenvalue weighted by Gasteiger charge is -2.16. The summed E-state index contributed by atoms with van der Waals surface area (Å²) in [5, 5.41) is 2.73. The predicted molar refractivity (Wildman–Crippen MR) is 90.1 cm³/mol. The molecular weight excluding hydrogens is 363 g/mol. The molecule has 0 bridgehead atoms. The Balaban J connectivity index is 1.81. The molecule has 0 aliphatic carbocycles. The van der Waals surface area contributed by atoms with E-state index in [1.54, 1.807) is 23.1 Å². The lowest BCUT2D eigenvalue weighted by molar-refractivity contribution is -0.117. The van der Waals surface area contributed by atoms with Crippen molar-refractivity contribution < 1.29 is 14.0 Å². The van der Waals surface area contributed by atoms with Gasteiger partial charge in [0.2, 0.25) is 5.91 Å². The van der Waals surface area contributed by atoms with E-state index >= 15 is 0 Å². The van der Waals surface area contributed by atoms with Crippen molar-refractivity contribution in [2.45, 2.75) is 12.8 Å². The molecule has 1 aliphatic heterocycles. The fourth-order valence-electron chi connectivity index (χ4n) is 2.52. The summed E-state index contributed by atoms with van der Waals surface area (Å²) >= 11 is 3.22. The van der Waals surface area contributed by atoms with Crippen molar-refractivity contribution in [3.05, 3.63) is 58.3 Å². The second-order valence-electron chi connectivity index (χ2n) is 5.28. The van der Waals surface area contributed by atoms with E-state index in [2.05, 4.69) is 21.2 Å². The van der Waals surface area contributed by atoms with Crippen LogP contribution >= 0.6 is 15.9 Å². The Hall–Kier alpha value is -2.21. The van der Waals surface area contributed by atoms with Crippen molar-refractivity contribution in [3.63, 3.8) is 0 Å². The standard InChI is InChI=1S/C17H14BrFN2O2/c18-14-10-12(19)6-7-15(14)20-17(23)11-3-1-4-13(9-11)21-8-2-5-16(21)22/h1,3-4,6-7,9-10H,2,5,8H2,(H,20,23). The summed E-state index contributed by atoms with van der Waals surface area (Å²) in [4.78, 5) is 25.9. The first-order chi connectivity index (χ1) is 11.0. The van der Waals surface area contributed by atoms with Gasteiger partial charge in [0.25, 0.3) is 5.91 Å². The molecule has 0 spiro atoms. The zero-order valence-electron chi connectivity index (χ0n) is 12.2. The van der Waals surface area contributed by atoms with Gasteiger partial charge in [-0.1, -0.05) is 6.07 Å². The highest BCUT2D eigenvalue weighted by molar-refractivity contribution is 9.10. The van der Waals surface area contributed by atoms with Crippen LogP contribution in [0.4, 0.5) is 15.8 Å². The number of nitrogens with one attached hydrogen (secondary N) is 1. The fourth-order valence-corrected chi connectivity index (χ4v) is 2.97. The number of hydrogen-bond donors (Lipinski definition) is 1. The van der Waals surface area contributed by atoms with E-state index in [0.717, 1.165) is 12.1 Å². The van der Waals surface area contributed by atoms with Crippen LogP contribution in [-0.4, -0.2) is 18.4 Å². The average Bonchev–Trinajstić information content (AvgIpc) is 2.96. The Morgan fingerprint density at radius 3 is 2.74 bits per heavy atom. The number of nitrogens with zero attached hydrogens (tertiary/aromatic N) is 1. The van der Waals surface area contributed by atoms with Crippen LogP contribution in [0.2, 0.25) is 0 Å². The highest BCUT2D eigenvalue weighted by Gasteiger charge is 2.22. The lowest BCUT2D eigenvalue weighted by atomic mass is 10.1. The highest BCUT2D eigenvalue weighted by atomic mass is 79.9. The molecule has 118 valence electrons. The molecule has 0 saturated carbocycles. The van der Waals surface area contributed by atoms with Crippen molar-refractivity contribution in [1.29, 1.82) is 0 Å². The van der Waals surface area contributed by atoms with E-state index in [1.165, 1.54) is 18.2 Å². The van der Waals surface area contributed by atoms with Gasteiger partial charge >= 0.3 is 0 Å². The van der Waals surface area contributed by atoms with E-state index in [-0.39, 0.29) is 17.6 Å². The zero-order valence-corrected chi connectivity index (χ0v) is 13.8. The van der Waals surface area contributed by atoms with Crippen LogP contribution < -0.4 is 10.2 Å². The number of carbonyl (C=O) groups is 2. The molecule has 2 amide bonds. The van der Waals surface area contributed by atoms with E-state index in [0.29, 0.717) is 28.7 Å². The number of benzene rings is 2. The molecule has 23 heavy (non-hydrogen) atoms. The van der Waals surface area contributed by atoms with Crippen LogP contribution in [0.25, 0.3) is 0 Å². The summed E-state index contributed by atoms with van der Waals surface area (Å²) in [7, 11) is 0. The molecule has 0 aromatic heterocycles. The van der Waals surface area contributed by atoms with Crippen molar-refractivity contribution >= 4 is 39.1 Å². The number of hydrogen-bond acceptors (Lipinski definition) is 2. The minimum atomic E-state index is -0.385. The molecule has 1 N–H and O–H groups in total. The first-order valence-electron chi connectivity index (χ1n) is 7.21. The van der Waals surface area contributed by atoms with Crippen molar-refractivity contribution in [3.8, 4) is 0 Å². The summed E-state index contributed by atoms with van der Waals surface area (Å²) in [6.07, 6.45) is 1.37. The van der Waals surface area contributed by atoms with Gasteiger partial charge < -0.3 is 10.2 Å². The quantitative estimate of drug-likeness (QED) is 0.880. The third-order valence-corrected chi connectivity index (χ3v) is 4.33. The van der Waals surface area contributed by atoms with Crippen LogP contribution in [0.5, 0.6) is 0 Å². The topological polar surface area (TPSA) is 49.4 Å². The van der Waals surface area contributed by atoms with Crippen LogP contribution in [0.3, 0.4) is 0 Å². The van der Waals surface area contributed by atoms with E-state index in [1.807, 2.05) is 6.07 Å². The van der Waals surface area contributed by atoms with Crippen molar-refractivity contribution in [2.24, 2.45) is 0 Å². The Labute approximate surface area is 141 Å². The van der Waals surface area contributed by atoms with Crippen molar-refractivity contribution in [1.82, 2.24) is 0 Å².